The van der Waals surface area contributed by atoms with Crippen molar-refractivity contribution in [2.24, 2.45) is 0 Å². The van der Waals surface area contributed by atoms with Crippen LogP contribution >= 0.6 is 0 Å². The molecule has 0 heterocycles. The van der Waals surface area contributed by atoms with Gasteiger partial charge in [-0.1, -0.05) is 0 Å². The van der Waals surface area contributed by atoms with Crippen molar-refractivity contribution in [3.05, 3.63) is 23.3 Å². The molecule has 0 aromatic heterocycles. The second kappa shape index (κ2) is 6.48. The van der Waals surface area contributed by atoms with Gasteiger partial charge >= 0.3 is 5.97 Å². The quantitative estimate of drug-likeness (QED) is 0.597. The zero-order valence-electron chi connectivity index (χ0n) is 10.5. The number of methoxy groups -OCH3 is 3. The molecule has 1 aromatic rings. The van der Waals surface area contributed by atoms with Crippen LogP contribution in [0.2, 0.25) is 0 Å². The van der Waals surface area contributed by atoms with Gasteiger partial charge in [0.05, 0.1) is 26.9 Å². The minimum absolute atomic E-state index is 0.230. The Bertz CT molecular complexity index is 444. The van der Waals surface area contributed by atoms with Crippen LogP contribution in [0.4, 0.5) is 0 Å². The Labute approximate surface area is 105 Å². The first-order valence-electron chi connectivity index (χ1n) is 5.18. The molecule has 1 amide bonds. The van der Waals surface area contributed by atoms with E-state index < -0.39 is 5.97 Å². The van der Waals surface area contributed by atoms with Crippen molar-refractivity contribution >= 4 is 12.4 Å². The molecule has 1 aromatic carbocycles. The zero-order chi connectivity index (χ0) is 13.5. The Morgan fingerprint density at radius 1 is 1.28 bits per heavy atom. The molecule has 18 heavy (non-hydrogen) atoms. The van der Waals surface area contributed by atoms with Gasteiger partial charge < -0.3 is 19.5 Å². The van der Waals surface area contributed by atoms with Gasteiger partial charge in [-0.2, -0.15) is 0 Å². The monoisotopic (exact) mass is 253 g/mol. The summed E-state index contributed by atoms with van der Waals surface area (Å²) in [5.41, 5.74) is 0.960. The highest BCUT2D eigenvalue weighted by Gasteiger charge is 2.16. The Morgan fingerprint density at radius 3 is 2.50 bits per heavy atom. The smallest absolute Gasteiger partial charge is 0.337 e. The molecule has 98 valence electrons. The predicted octanol–water partition coefficient (Wildman–Crippen LogP) is 0.736. The maximum absolute atomic E-state index is 11.5. The number of esters is 1. The summed E-state index contributed by atoms with van der Waals surface area (Å²) in [4.78, 5) is 21.8. The number of hydrogen-bond acceptors (Lipinski definition) is 5. The van der Waals surface area contributed by atoms with E-state index in [9.17, 15) is 9.59 Å². The maximum atomic E-state index is 11.5. The Morgan fingerprint density at radius 2 is 2.00 bits per heavy atom. The van der Waals surface area contributed by atoms with Gasteiger partial charge in [0.1, 0.15) is 0 Å². The lowest BCUT2D eigenvalue weighted by Gasteiger charge is -2.14. The third-order valence-corrected chi connectivity index (χ3v) is 2.35. The molecule has 1 N–H and O–H groups in total. The van der Waals surface area contributed by atoms with Gasteiger partial charge in [0.2, 0.25) is 6.41 Å². The molecule has 0 aliphatic rings. The number of hydrogen-bond donors (Lipinski definition) is 1. The second-order valence-electron chi connectivity index (χ2n) is 3.36. The SMILES string of the molecule is COC(=O)c1cc(CNC=O)c(OC)c(OC)c1. The largest absolute Gasteiger partial charge is 0.493 e. The van der Waals surface area contributed by atoms with Gasteiger partial charge in [-0.3, -0.25) is 4.79 Å². The van der Waals surface area contributed by atoms with Gasteiger partial charge in [0.15, 0.2) is 11.5 Å². The molecule has 0 unspecified atom stereocenters. The first-order chi connectivity index (χ1) is 8.67. The standard InChI is InChI=1S/C12H15NO5/c1-16-10-5-8(12(15)18-3)4-9(6-13-7-14)11(10)17-2/h4-5,7H,6H2,1-3H3,(H,13,14). The average Bonchev–Trinajstić information content (AvgIpc) is 2.42. The lowest BCUT2D eigenvalue weighted by Crippen LogP contribution is -2.13. The molecule has 0 saturated heterocycles. The molecule has 0 atom stereocenters. The van der Waals surface area contributed by atoms with Gasteiger partial charge in [0.25, 0.3) is 0 Å². The first-order valence-corrected chi connectivity index (χ1v) is 5.18. The maximum Gasteiger partial charge on any atom is 0.337 e. The molecule has 0 aliphatic carbocycles. The van der Waals surface area contributed by atoms with E-state index in [2.05, 4.69) is 10.1 Å². The topological polar surface area (TPSA) is 73.9 Å². The zero-order valence-corrected chi connectivity index (χ0v) is 10.5. The lowest BCUT2D eigenvalue weighted by atomic mass is 10.1. The molecule has 1 rings (SSSR count). The minimum atomic E-state index is -0.483. The van der Waals surface area contributed by atoms with E-state index in [1.54, 1.807) is 6.07 Å². The van der Waals surface area contributed by atoms with E-state index in [-0.39, 0.29) is 6.54 Å². The highest BCUT2D eigenvalue weighted by molar-refractivity contribution is 5.90. The van der Waals surface area contributed by atoms with E-state index in [1.165, 1.54) is 27.4 Å². The number of amides is 1. The van der Waals surface area contributed by atoms with Crippen molar-refractivity contribution in [3.63, 3.8) is 0 Å². The molecule has 0 fully saturated rings. The number of carbonyl (C=O) groups excluding carboxylic acids is 2. The lowest BCUT2D eigenvalue weighted by molar-refractivity contribution is -0.109. The highest BCUT2D eigenvalue weighted by atomic mass is 16.5. The van der Waals surface area contributed by atoms with E-state index in [0.29, 0.717) is 29.0 Å². The Hall–Kier alpha value is -2.24. The van der Waals surface area contributed by atoms with Gasteiger partial charge in [-0.05, 0) is 12.1 Å². The summed E-state index contributed by atoms with van der Waals surface area (Å²) >= 11 is 0. The van der Waals surface area contributed by atoms with Crippen molar-refractivity contribution < 1.29 is 23.8 Å². The molecule has 0 radical (unpaired) electrons. The summed E-state index contributed by atoms with van der Waals surface area (Å²) in [6.45, 7) is 0.230. The van der Waals surface area contributed by atoms with Crippen LogP contribution < -0.4 is 14.8 Å². The van der Waals surface area contributed by atoms with Gasteiger partial charge in [0, 0.05) is 12.1 Å². The first kappa shape index (κ1) is 13.8. The number of nitrogens with one attached hydrogen (secondary N) is 1. The van der Waals surface area contributed by atoms with Crippen molar-refractivity contribution in [2.45, 2.75) is 6.54 Å². The molecular weight excluding hydrogens is 238 g/mol. The van der Waals surface area contributed by atoms with Crippen molar-refractivity contribution in [1.29, 1.82) is 0 Å². The fraction of sp³-hybridized carbons (Fsp3) is 0.333. The van der Waals surface area contributed by atoms with Crippen molar-refractivity contribution in [3.8, 4) is 11.5 Å². The average molecular weight is 253 g/mol. The van der Waals surface area contributed by atoms with Crippen LogP contribution in [0.15, 0.2) is 12.1 Å². The molecular formula is C12H15NO5. The molecule has 0 bridgehead atoms. The fourth-order valence-corrected chi connectivity index (χ4v) is 1.56. The summed E-state index contributed by atoms with van der Waals surface area (Å²) in [6.07, 6.45) is 0.566. The summed E-state index contributed by atoms with van der Waals surface area (Å²) in [5, 5.41) is 2.51. The van der Waals surface area contributed by atoms with Gasteiger partial charge in [-0.15, -0.1) is 0 Å². The van der Waals surface area contributed by atoms with Crippen LogP contribution in [0.1, 0.15) is 15.9 Å². The van der Waals surface area contributed by atoms with Crippen molar-refractivity contribution in [2.75, 3.05) is 21.3 Å². The van der Waals surface area contributed by atoms with Crippen LogP contribution in [0.3, 0.4) is 0 Å². The van der Waals surface area contributed by atoms with E-state index in [0.717, 1.165) is 0 Å². The summed E-state index contributed by atoms with van der Waals surface area (Å²) in [7, 11) is 4.25. The normalized spacial score (nSPS) is 9.50. The van der Waals surface area contributed by atoms with E-state index in [4.69, 9.17) is 9.47 Å². The van der Waals surface area contributed by atoms with Crippen LogP contribution in [-0.4, -0.2) is 33.7 Å². The second-order valence-corrected chi connectivity index (χ2v) is 3.36. The highest BCUT2D eigenvalue weighted by Crippen LogP contribution is 2.32. The predicted molar refractivity (Wildman–Crippen MR) is 63.8 cm³/mol. The molecule has 6 nitrogen and oxygen atoms in total. The summed E-state index contributed by atoms with van der Waals surface area (Å²) < 4.78 is 15.0. The molecule has 0 aliphatic heterocycles. The summed E-state index contributed by atoms with van der Waals surface area (Å²) in [6, 6.07) is 3.11. The number of rotatable bonds is 6. The van der Waals surface area contributed by atoms with Crippen LogP contribution in [-0.2, 0) is 16.1 Å². The van der Waals surface area contributed by atoms with Crippen LogP contribution in [0, 0.1) is 0 Å². The third kappa shape index (κ3) is 2.91. The van der Waals surface area contributed by atoms with Crippen LogP contribution in [0.5, 0.6) is 11.5 Å². The number of carbonyl (C=O) groups is 2. The summed E-state index contributed by atoms with van der Waals surface area (Å²) in [5.74, 6) is 0.394. The van der Waals surface area contributed by atoms with E-state index >= 15 is 0 Å². The molecule has 0 saturated carbocycles. The Kier molecular flexibility index (Phi) is 4.98. The molecule has 0 spiro atoms. The van der Waals surface area contributed by atoms with Crippen molar-refractivity contribution in [1.82, 2.24) is 5.32 Å². The van der Waals surface area contributed by atoms with E-state index in [1.807, 2.05) is 0 Å². The Balaban J connectivity index is 3.25. The fourth-order valence-electron chi connectivity index (χ4n) is 1.56. The minimum Gasteiger partial charge on any atom is -0.493 e. The van der Waals surface area contributed by atoms with Gasteiger partial charge in [-0.25, -0.2) is 4.79 Å². The van der Waals surface area contributed by atoms with Crippen LogP contribution in [0.25, 0.3) is 0 Å². The number of benzene rings is 1. The third-order valence-electron chi connectivity index (χ3n) is 2.35. The molecule has 6 heteroatoms. The number of ether oxygens (including phenoxy) is 3.